The van der Waals surface area contributed by atoms with Crippen molar-refractivity contribution in [2.75, 3.05) is 5.32 Å². The summed E-state index contributed by atoms with van der Waals surface area (Å²) in [7, 11) is 0. The van der Waals surface area contributed by atoms with Gasteiger partial charge in [-0.2, -0.15) is 0 Å². The van der Waals surface area contributed by atoms with Crippen molar-refractivity contribution in [2.24, 2.45) is 4.99 Å². The van der Waals surface area contributed by atoms with E-state index in [9.17, 15) is 0 Å². The molecule has 1 unspecified atom stereocenters. The molecular formula is C24H17ClN2. The van der Waals surface area contributed by atoms with Gasteiger partial charge >= 0.3 is 0 Å². The molecule has 2 nitrogen and oxygen atoms in total. The van der Waals surface area contributed by atoms with Gasteiger partial charge in [-0.3, -0.25) is 4.99 Å². The molecule has 0 bridgehead atoms. The summed E-state index contributed by atoms with van der Waals surface area (Å²) in [5.41, 5.74) is 7.66. The number of hydrogen-bond donors (Lipinski definition) is 1. The van der Waals surface area contributed by atoms with E-state index >= 15 is 0 Å². The van der Waals surface area contributed by atoms with Crippen molar-refractivity contribution in [1.82, 2.24) is 0 Å². The molecule has 0 spiro atoms. The van der Waals surface area contributed by atoms with Crippen LogP contribution in [0.3, 0.4) is 0 Å². The summed E-state index contributed by atoms with van der Waals surface area (Å²) in [6, 6.07) is 24.5. The molecule has 1 aliphatic heterocycles. The number of nitrogens with one attached hydrogen (secondary N) is 1. The summed E-state index contributed by atoms with van der Waals surface area (Å²) in [6.07, 6.45) is 6.64. The molecule has 1 atom stereocenters. The first kappa shape index (κ1) is 16.1. The molecule has 1 aliphatic carbocycles. The van der Waals surface area contributed by atoms with Crippen LogP contribution >= 0.6 is 11.6 Å². The number of hydrogen-bond acceptors (Lipinski definition) is 2. The van der Waals surface area contributed by atoms with Crippen LogP contribution in [0.1, 0.15) is 17.0 Å². The van der Waals surface area contributed by atoms with E-state index in [4.69, 9.17) is 16.6 Å². The van der Waals surface area contributed by atoms with E-state index in [2.05, 4.69) is 66.0 Å². The molecule has 0 saturated carbocycles. The largest absolute Gasteiger partial charge is 0.354 e. The Kier molecular flexibility index (Phi) is 3.92. The van der Waals surface area contributed by atoms with Gasteiger partial charge in [-0.1, -0.05) is 72.3 Å². The Labute approximate surface area is 163 Å². The van der Waals surface area contributed by atoms with Crippen molar-refractivity contribution in [1.29, 1.82) is 0 Å². The van der Waals surface area contributed by atoms with Gasteiger partial charge in [0.15, 0.2) is 0 Å². The lowest BCUT2D eigenvalue weighted by Crippen LogP contribution is -2.07. The fourth-order valence-electron chi connectivity index (χ4n) is 3.61. The fourth-order valence-corrected chi connectivity index (χ4v) is 3.79. The minimum Gasteiger partial charge on any atom is -0.354 e. The third-order valence-electron chi connectivity index (χ3n) is 4.97. The van der Waals surface area contributed by atoms with Gasteiger partial charge in [0, 0.05) is 11.6 Å². The highest BCUT2D eigenvalue weighted by Crippen LogP contribution is 2.42. The number of para-hydroxylation sites is 1. The van der Waals surface area contributed by atoms with E-state index in [1.807, 2.05) is 30.3 Å². The third-order valence-corrected chi connectivity index (χ3v) is 5.29. The summed E-state index contributed by atoms with van der Waals surface area (Å²) in [5.74, 6) is 0.238. The average molecular weight is 369 g/mol. The van der Waals surface area contributed by atoms with Crippen LogP contribution in [0.4, 0.5) is 17.1 Å². The number of halogens is 1. The van der Waals surface area contributed by atoms with Gasteiger partial charge in [-0.25, -0.2) is 0 Å². The van der Waals surface area contributed by atoms with E-state index in [0.717, 1.165) is 22.8 Å². The van der Waals surface area contributed by atoms with Crippen LogP contribution in [0, 0.1) is 0 Å². The molecule has 2 aliphatic rings. The molecule has 0 saturated heterocycles. The lowest BCUT2D eigenvalue weighted by Gasteiger charge is -2.15. The Morgan fingerprint density at radius 2 is 1.70 bits per heavy atom. The second kappa shape index (κ2) is 6.57. The molecule has 130 valence electrons. The summed E-state index contributed by atoms with van der Waals surface area (Å²) in [6.45, 7) is 0. The van der Waals surface area contributed by atoms with Crippen LogP contribution in [0.2, 0.25) is 5.02 Å². The first-order valence-corrected chi connectivity index (χ1v) is 9.35. The van der Waals surface area contributed by atoms with Gasteiger partial charge in [0.25, 0.3) is 0 Å². The van der Waals surface area contributed by atoms with Gasteiger partial charge in [0.2, 0.25) is 0 Å². The predicted molar refractivity (Wildman–Crippen MR) is 115 cm³/mol. The zero-order valence-corrected chi connectivity index (χ0v) is 15.3. The molecule has 0 amide bonds. The van der Waals surface area contributed by atoms with Crippen molar-refractivity contribution in [3.8, 4) is 0 Å². The summed E-state index contributed by atoms with van der Waals surface area (Å²) >= 11 is 6.26. The monoisotopic (exact) mass is 368 g/mol. The van der Waals surface area contributed by atoms with Crippen LogP contribution < -0.4 is 5.32 Å². The Hall–Kier alpha value is -3.10. The highest BCUT2D eigenvalue weighted by atomic mass is 35.5. The minimum atomic E-state index is 0.238. The summed E-state index contributed by atoms with van der Waals surface area (Å²) in [5, 5.41) is 4.09. The molecule has 3 aromatic rings. The zero-order valence-electron chi connectivity index (χ0n) is 14.6. The maximum atomic E-state index is 6.26. The van der Waals surface area contributed by atoms with Crippen LogP contribution in [0.15, 0.2) is 96.0 Å². The maximum Gasteiger partial charge on any atom is 0.0696 e. The zero-order chi connectivity index (χ0) is 18.2. The molecule has 1 N–H and O–H groups in total. The molecule has 5 rings (SSSR count). The number of allylic oxidation sites excluding steroid dienone is 4. The van der Waals surface area contributed by atoms with Crippen molar-refractivity contribution in [2.45, 2.75) is 5.92 Å². The Morgan fingerprint density at radius 3 is 2.56 bits per heavy atom. The molecular weight excluding hydrogens is 352 g/mol. The van der Waals surface area contributed by atoms with Crippen molar-refractivity contribution in [3.05, 3.63) is 107 Å². The average Bonchev–Trinajstić information content (AvgIpc) is 3.07. The Bertz CT molecular complexity index is 1110. The second-order valence-electron chi connectivity index (χ2n) is 6.72. The van der Waals surface area contributed by atoms with Crippen LogP contribution in [-0.4, -0.2) is 5.71 Å². The number of rotatable bonds is 3. The van der Waals surface area contributed by atoms with Gasteiger partial charge < -0.3 is 5.32 Å². The maximum absolute atomic E-state index is 6.26. The van der Waals surface area contributed by atoms with Crippen LogP contribution in [0.5, 0.6) is 0 Å². The van der Waals surface area contributed by atoms with Crippen molar-refractivity contribution in [3.63, 3.8) is 0 Å². The number of fused-ring (bicyclic) bond motifs is 3. The van der Waals surface area contributed by atoms with E-state index in [0.29, 0.717) is 5.02 Å². The number of benzene rings is 3. The molecule has 3 heteroatoms. The summed E-state index contributed by atoms with van der Waals surface area (Å²) < 4.78 is 0. The van der Waals surface area contributed by atoms with Gasteiger partial charge in [-0.05, 0) is 47.0 Å². The first-order chi connectivity index (χ1) is 13.3. The third kappa shape index (κ3) is 2.98. The Morgan fingerprint density at radius 1 is 0.889 bits per heavy atom. The normalized spacial score (nSPS) is 17.0. The molecule has 0 radical (unpaired) electrons. The van der Waals surface area contributed by atoms with E-state index in [-0.39, 0.29) is 5.92 Å². The van der Waals surface area contributed by atoms with Gasteiger partial charge in [-0.15, -0.1) is 0 Å². The van der Waals surface area contributed by atoms with Crippen LogP contribution in [-0.2, 0) is 0 Å². The van der Waals surface area contributed by atoms with E-state index < -0.39 is 0 Å². The molecule has 3 aromatic carbocycles. The molecule has 0 fully saturated rings. The highest BCUT2D eigenvalue weighted by Gasteiger charge is 2.26. The quantitative estimate of drug-likeness (QED) is 0.533. The number of nitrogens with zero attached hydrogens (tertiary/aromatic N) is 1. The fraction of sp³-hybridized carbons (Fsp3) is 0.0417. The van der Waals surface area contributed by atoms with E-state index in [1.54, 1.807) is 0 Å². The predicted octanol–water partition coefficient (Wildman–Crippen LogP) is 6.91. The minimum absolute atomic E-state index is 0.238. The lowest BCUT2D eigenvalue weighted by atomic mass is 9.88. The van der Waals surface area contributed by atoms with Crippen molar-refractivity contribution < 1.29 is 0 Å². The molecule has 1 heterocycles. The smallest absolute Gasteiger partial charge is 0.0696 e. The highest BCUT2D eigenvalue weighted by molar-refractivity contribution is 6.33. The Balaban J connectivity index is 1.46. The number of aliphatic imine (C=N–C) groups is 1. The number of anilines is 2. The summed E-state index contributed by atoms with van der Waals surface area (Å²) in [4.78, 5) is 4.89. The van der Waals surface area contributed by atoms with Gasteiger partial charge in [0.1, 0.15) is 0 Å². The van der Waals surface area contributed by atoms with Crippen LogP contribution in [0.25, 0.3) is 5.57 Å². The first-order valence-electron chi connectivity index (χ1n) is 8.97. The van der Waals surface area contributed by atoms with Crippen molar-refractivity contribution >= 4 is 39.9 Å². The SMILES string of the molecule is Clc1ccccc1Nc1ccc2c(c1)N=C1C=C(c3ccccc3)C=CC12. The topological polar surface area (TPSA) is 24.4 Å². The second-order valence-corrected chi connectivity index (χ2v) is 7.12. The van der Waals surface area contributed by atoms with Gasteiger partial charge in [0.05, 0.1) is 22.1 Å². The molecule has 0 aromatic heterocycles. The molecule has 27 heavy (non-hydrogen) atoms. The van der Waals surface area contributed by atoms with E-state index in [1.165, 1.54) is 16.7 Å². The lowest BCUT2D eigenvalue weighted by molar-refractivity contribution is 1.19. The standard InChI is InChI=1S/C24H17ClN2/c25-21-8-4-5-9-22(21)26-18-11-13-20-19-12-10-17(16-6-2-1-3-7-16)14-23(19)27-24(20)15-18/h1-15,19,26H.